The van der Waals surface area contributed by atoms with Crippen LogP contribution in [0.5, 0.6) is 0 Å². The Hall–Kier alpha value is -2.60. The second kappa shape index (κ2) is 6.61. The van der Waals surface area contributed by atoms with E-state index in [1.54, 1.807) is 0 Å². The Morgan fingerprint density at radius 3 is 1.15 bits per heavy atom. The van der Waals surface area contributed by atoms with E-state index < -0.39 is 0 Å². The molecule has 26 heavy (non-hydrogen) atoms. The molecule has 4 rings (SSSR count). The summed E-state index contributed by atoms with van der Waals surface area (Å²) in [5.74, 6) is 1.04. The van der Waals surface area contributed by atoms with Crippen molar-refractivity contribution in [1.82, 2.24) is 0 Å². The van der Waals surface area contributed by atoms with Crippen molar-refractivity contribution in [3.05, 3.63) is 83.9 Å². The molecule has 0 heterocycles. The highest BCUT2D eigenvalue weighted by Gasteiger charge is 2.12. The number of rotatable bonds is 3. The van der Waals surface area contributed by atoms with Gasteiger partial charge in [-0.1, -0.05) is 100 Å². The predicted molar refractivity (Wildman–Crippen MR) is 115 cm³/mol. The summed E-state index contributed by atoms with van der Waals surface area (Å²) in [5.41, 5.74) is 5.51. The van der Waals surface area contributed by atoms with E-state index in [0.29, 0.717) is 11.8 Å². The summed E-state index contributed by atoms with van der Waals surface area (Å²) in [6.07, 6.45) is 0. The fraction of sp³-hybridized carbons (Fsp3) is 0.231. The molecule has 0 heteroatoms. The molecule has 0 aromatic heterocycles. The second-order valence-electron chi connectivity index (χ2n) is 7.81. The molecule has 0 atom stereocenters. The first-order valence-electron chi connectivity index (χ1n) is 9.61. The first kappa shape index (κ1) is 16.8. The van der Waals surface area contributed by atoms with Gasteiger partial charge in [-0.2, -0.15) is 0 Å². The average molecular weight is 338 g/mol. The van der Waals surface area contributed by atoms with Gasteiger partial charge in [0.05, 0.1) is 0 Å². The van der Waals surface area contributed by atoms with Crippen molar-refractivity contribution in [2.24, 2.45) is 0 Å². The lowest BCUT2D eigenvalue weighted by Crippen LogP contribution is -1.93. The van der Waals surface area contributed by atoms with Crippen molar-refractivity contribution in [1.29, 1.82) is 0 Å². The third kappa shape index (κ3) is 2.70. The molecular formula is C26H26. The Morgan fingerprint density at radius 1 is 0.423 bits per heavy atom. The Kier molecular flexibility index (Phi) is 4.28. The van der Waals surface area contributed by atoms with Crippen LogP contribution >= 0.6 is 0 Å². The number of hydrogen-bond donors (Lipinski definition) is 0. The lowest BCUT2D eigenvalue weighted by molar-refractivity contribution is 0.876. The fourth-order valence-corrected chi connectivity index (χ4v) is 4.15. The van der Waals surface area contributed by atoms with Crippen LogP contribution in [0.3, 0.4) is 0 Å². The Labute approximate surface area is 156 Å². The minimum absolute atomic E-state index is 0.522. The van der Waals surface area contributed by atoms with Crippen LogP contribution in [-0.2, 0) is 0 Å². The first-order valence-corrected chi connectivity index (χ1v) is 9.61. The van der Waals surface area contributed by atoms with E-state index in [-0.39, 0.29) is 0 Å². The van der Waals surface area contributed by atoms with Gasteiger partial charge in [-0.3, -0.25) is 0 Å². The van der Waals surface area contributed by atoms with Gasteiger partial charge in [0.25, 0.3) is 0 Å². The van der Waals surface area contributed by atoms with Crippen molar-refractivity contribution in [2.75, 3.05) is 0 Å². The van der Waals surface area contributed by atoms with E-state index in [9.17, 15) is 0 Å². The molecule has 0 unspecified atom stereocenters. The third-order valence-electron chi connectivity index (χ3n) is 5.45. The molecule has 0 saturated heterocycles. The molecule has 0 saturated carbocycles. The van der Waals surface area contributed by atoms with Crippen LogP contribution in [0.1, 0.15) is 50.7 Å². The van der Waals surface area contributed by atoms with E-state index in [1.165, 1.54) is 43.8 Å². The standard InChI is InChI=1S/C26H26/c1-17(2)19-9-5-13-23-21(19)11-7-15-25(23)26-16-8-12-22-20(18(3)4)10-6-14-24(22)26/h5-18H,1-4H3. The molecule has 0 N–H and O–H groups in total. The minimum Gasteiger partial charge on any atom is -0.0613 e. The number of hydrogen-bond acceptors (Lipinski definition) is 0. The summed E-state index contributed by atoms with van der Waals surface area (Å²) < 4.78 is 0. The predicted octanol–water partition coefficient (Wildman–Crippen LogP) is 7.91. The van der Waals surface area contributed by atoms with E-state index in [1.807, 2.05) is 0 Å². The summed E-state index contributed by atoms with van der Waals surface area (Å²) in [7, 11) is 0. The molecule has 0 aliphatic carbocycles. The molecular weight excluding hydrogens is 312 g/mol. The summed E-state index contributed by atoms with van der Waals surface area (Å²) in [4.78, 5) is 0. The van der Waals surface area contributed by atoms with Gasteiger partial charge in [0, 0.05) is 0 Å². The Balaban J connectivity index is 2.06. The number of fused-ring (bicyclic) bond motifs is 2. The van der Waals surface area contributed by atoms with Gasteiger partial charge >= 0.3 is 0 Å². The summed E-state index contributed by atoms with van der Waals surface area (Å²) in [5, 5.41) is 5.44. The van der Waals surface area contributed by atoms with Crippen LogP contribution in [0.25, 0.3) is 32.7 Å². The Bertz CT molecular complexity index is 994. The van der Waals surface area contributed by atoms with Gasteiger partial charge in [0.2, 0.25) is 0 Å². The highest BCUT2D eigenvalue weighted by Crippen LogP contribution is 2.37. The summed E-state index contributed by atoms with van der Waals surface area (Å²) >= 11 is 0. The van der Waals surface area contributed by atoms with Crippen LogP contribution in [0.2, 0.25) is 0 Å². The van der Waals surface area contributed by atoms with Gasteiger partial charge in [0.15, 0.2) is 0 Å². The fourth-order valence-electron chi connectivity index (χ4n) is 4.15. The molecule has 0 amide bonds. The molecule has 0 fully saturated rings. The SMILES string of the molecule is CC(C)c1cccc2c(-c3cccc4c(C(C)C)cccc34)cccc12. The van der Waals surface area contributed by atoms with Crippen molar-refractivity contribution >= 4 is 21.5 Å². The van der Waals surface area contributed by atoms with Crippen LogP contribution in [-0.4, -0.2) is 0 Å². The monoisotopic (exact) mass is 338 g/mol. The second-order valence-corrected chi connectivity index (χ2v) is 7.81. The summed E-state index contributed by atoms with van der Waals surface area (Å²) in [6, 6.07) is 26.9. The highest BCUT2D eigenvalue weighted by molar-refractivity contribution is 6.06. The van der Waals surface area contributed by atoms with Crippen LogP contribution < -0.4 is 0 Å². The molecule has 0 aliphatic rings. The highest BCUT2D eigenvalue weighted by atomic mass is 14.2. The van der Waals surface area contributed by atoms with Crippen LogP contribution in [0.4, 0.5) is 0 Å². The molecule has 4 aromatic carbocycles. The van der Waals surface area contributed by atoms with Crippen LogP contribution in [0.15, 0.2) is 72.8 Å². The van der Waals surface area contributed by atoms with Crippen molar-refractivity contribution in [3.63, 3.8) is 0 Å². The quantitative estimate of drug-likeness (QED) is 0.356. The lowest BCUT2D eigenvalue weighted by Gasteiger charge is -2.16. The minimum atomic E-state index is 0.522. The van der Waals surface area contributed by atoms with Crippen LogP contribution in [0, 0.1) is 0 Å². The van der Waals surface area contributed by atoms with Gasteiger partial charge in [-0.05, 0) is 55.6 Å². The smallest absolute Gasteiger partial charge is 0.00991 e. The van der Waals surface area contributed by atoms with Crippen molar-refractivity contribution in [3.8, 4) is 11.1 Å². The van der Waals surface area contributed by atoms with E-state index in [2.05, 4.69) is 100 Å². The average Bonchev–Trinajstić information content (AvgIpc) is 2.65. The topological polar surface area (TPSA) is 0 Å². The number of benzene rings is 4. The maximum Gasteiger partial charge on any atom is -0.00991 e. The molecule has 130 valence electrons. The maximum atomic E-state index is 2.27. The lowest BCUT2D eigenvalue weighted by atomic mass is 9.88. The van der Waals surface area contributed by atoms with Crippen molar-refractivity contribution in [2.45, 2.75) is 39.5 Å². The molecule has 0 bridgehead atoms. The zero-order chi connectivity index (χ0) is 18.3. The maximum absolute atomic E-state index is 2.27. The molecule has 0 nitrogen and oxygen atoms in total. The molecule has 0 aliphatic heterocycles. The molecule has 0 spiro atoms. The molecule has 0 radical (unpaired) electrons. The van der Waals surface area contributed by atoms with Gasteiger partial charge < -0.3 is 0 Å². The van der Waals surface area contributed by atoms with Crippen molar-refractivity contribution < 1.29 is 0 Å². The zero-order valence-electron chi connectivity index (χ0n) is 16.1. The largest absolute Gasteiger partial charge is 0.0613 e. The van der Waals surface area contributed by atoms with Gasteiger partial charge in [-0.25, -0.2) is 0 Å². The normalized spacial score (nSPS) is 11.8. The third-order valence-corrected chi connectivity index (χ3v) is 5.45. The van der Waals surface area contributed by atoms with Gasteiger partial charge in [-0.15, -0.1) is 0 Å². The Morgan fingerprint density at radius 2 is 0.769 bits per heavy atom. The van der Waals surface area contributed by atoms with E-state index >= 15 is 0 Å². The van der Waals surface area contributed by atoms with Gasteiger partial charge in [0.1, 0.15) is 0 Å². The first-order chi connectivity index (χ1) is 12.6. The molecule has 4 aromatic rings. The van der Waals surface area contributed by atoms with E-state index in [0.717, 1.165) is 0 Å². The zero-order valence-corrected chi connectivity index (χ0v) is 16.1. The van der Waals surface area contributed by atoms with E-state index in [4.69, 9.17) is 0 Å². The summed E-state index contributed by atoms with van der Waals surface area (Å²) in [6.45, 7) is 9.09.